The smallest absolute Gasteiger partial charge is 0.0759 e. The van der Waals surface area contributed by atoms with Crippen LogP contribution >= 0.6 is 0 Å². The van der Waals surface area contributed by atoms with E-state index in [0.29, 0.717) is 23.8 Å². The third-order valence-corrected chi connectivity index (χ3v) is 3.61. The van der Waals surface area contributed by atoms with Gasteiger partial charge in [-0.2, -0.15) is 0 Å². The molecule has 1 N–H and O–H groups in total. The van der Waals surface area contributed by atoms with E-state index in [9.17, 15) is 0 Å². The SMILES string of the molecule is CCNC(c1cnnn1CC)C(C(C)C)C(C)C. The number of nitrogens with one attached hydrogen (secondary N) is 1. The monoisotopic (exact) mass is 252 g/mol. The Kier molecular flexibility index (Phi) is 5.79. The van der Waals surface area contributed by atoms with Gasteiger partial charge in [-0.3, -0.25) is 0 Å². The van der Waals surface area contributed by atoms with Gasteiger partial charge in [-0.05, 0) is 31.2 Å². The van der Waals surface area contributed by atoms with Crippen molar-refractivity contribution in [2.75, 3.05) is 6.54 Å². The predicted octanol–water partition coefficient (Wildman–Crippen LogP) is 2.88. The van der Waals surface area contributed by atoms with E-state index in [1.54, 1.807) is 0 Å². The number of aryl methyl sites for hydroxylation is 1. The summed E-state index contributed by atoms with van der Waals surface area (Å²) in [5.74, 6) is 1.86. The summed E-state index contributed by atoms with van der Waals surface area (Å²) in [5, 5.41) is 11.9. The second-order valence-electron chi connectivity index (χ2n) is 5.58. The highest BCUT2D eigenvalue weighted by atomic mass is 15.4. The van der Waals surface area contributed by atoms with Gasteiger partial charge in [0.2, 0.25) is 0 Å². The zero-order valence-electron chi connectivity index (χ0n) is 12.6. The van der Waals surface area contributed by atoms with Crippen molar-refractivity contribution >= 4 is 0 Å². The summed E-state index contributed by atoms with van der Waals surface area (Å²) in [7, 11) is 0. The minimum atomic E-state index is 0.338. The highest BCUT2D eigenvalue weighted by Gasteiger charge is 2.30. The van der Waals surface area contributed by atoms with Crippen LogP contribution in [0.4, 0.5) is 0 Å². The number of hydrogen-bond donors (Lipinski definition) is 1. The molecule has 4 nitrogen and oxygen atoms in total. The van der Waals surface area contributed by atoms with Crippen LogP contribution in [0.3, 0.4) is 0 Å². The average molecular weight is 252 g/mol. The van der Waals surface area contributed by atoms with Crippen molar-refractivity contribution < 1.29 is 0 Å². The van der Waals surface area contributed by atoms with Crippen molar-refractivity contribution in [1.82, 2.24) is 20.3 Å². The molecule has 0 aliphatic carbocycles. The summed E-state index contributed by atoms with van der Waals surface area (Å²) in [4.78, 5) is 0. The maximum Gasteiger partial charge on any atom is 0.0759 e. The Bertz CT molecular complexity index is 335. The summed E-state index contributed by atoms with van der Waals surface area (Å²) in [6.07, 6.45) is 1.91. The molecule has 0 aliphatic rings. The van der Waals surface area contributed by atoms with Crippen LogP contribution in [0.15, 0.2) is 6.20 Å². The summed E-state index contributed by atoms with van der Waals surface area (Å²) in [6, 6.07) is 0.338. The number of aromatic nitrogens is 3. The van der Waals surface area contributed by atoms with E-state index in [4.69, 9.17) is 0 Å². The molecule has 1 heterocycles. The third kappa shape index (κ3) is 3.31. The Morgan fingerprint density at radius 2 is 1.78 bits per heavy atom. The van der Waals surface area contributed by atoms with Gasteiger partial charge in [-0.1, -0.05) is 39.8 Å². The van der Waals surface area contributed by atoms with Crippen LogP contribution in [0.1, 0.15) is 53.3 Å². The molecule has 0 spiro atoms. The van der Waals surface area contributed by atoms with Gasteiger partial charge >= 0.3 is 0 Å². The first-order valence-corrected chi connectivity index (χ1v) is 7.14. The molecule has 0 aliphatic heterocycles. The molecule has 1 atom stereocenters. The van der Waals surface area contributed by atoms with E-state index in [2.05, 4.69) is 57.2 Å². The van der Waals surface area contributed by atoms with Gasteiger partial charge in [0.1, 0.15) is 0 Å². The Morgan fingerprint density at radius 3 is 2.22 bits per heavy atom. The Labute approximate surface area is 111 Å². The molecule has 1 aromatic heterocycles. The fraction of sp³-hybridized carbons (Fsp3) is 0.857. The van der Waals surface area contributed by atoms with Crippen LogP contribution in [0.25, 0.3) is 0 Å². The second kappa shape index (κ2) is 6.88. The van der Waals surface area contributed by atoms with E-state index >= 15 is 0 Å². The minimum Gasteiger partial charge on any atom is -0.309 e. The molecule has 1 aromatic rings. The van der Waals surface area contributed by atoms with E-state index in [-0.39, 0.29) is 0 Å². The normalized spacial score (nSPS) is 13.8. The Hall–Kier alpha value is -0.900. The van der Waals surface area contributed by atoms with E-state index in [0.717, 1.165) is 13.1 Å². The van der Waals surface area contributed by atoms with Crippen molar-refractivity contribution in [2.24, 2.45) is 17.8 Å². The van der Waals surface area contributed by atoms with Crippen LogP contribution in [-0.2, 0) is 6.54 Å². The van der Waals surface area contributed by atoms with E-state index in [1.807, 2.05) is 10.9 Å². The minimum absolute atomic E-state index is 0.338. The van der Waals surface area contributed by atoms with Crippen molar-refractivity contribution in [1.29, 1.82) is 0 Å². The Balaban J connectivity index is 3.07. The van der Waals surface area contributed by atoms with Crippen LogP contribution in [0.2, 0.25) is 0 Å². The zero-order valence-corrected chi connectivity index (χ0v) is 12.6. The molecule has 18 heavy (non-hydrogen) atoms. The number of nitrogens with zero attached hydrogens (tertiary/aromatic N) is 3. The van der Waals surface area contributed by atoms with Crippen LogP contribution < -0.4 is 5.32 Å². The summed E-state index contributed by atoms with van der Waals surface area (Å²) in [6.45, 7) is 15.3. The molecule has 0 bridgehead atoms. The van der Waals surface area contributed by atoms with Crippen LogP contribution in [-0.4, -0.2) is 21.5 Å². The lowest BCUT2D eigenvalue weighted by molar-refractivity contribution is 0.204. The molecule has 0 aromatic carbocycles. The summed E-state index contributed by atoms with van der Waals surface area (Å²) < 4.78 is 2.01. The fourth-order valence-corrected chi connectivity index (χ4v) is 2.95. The fourth-order valence-electron chi connectivity index (χ4n) is 2.95. The molecule has 0 fully saturated rings. The Morgan fingerprint density at radius 1 is 1.17 bits per heavy atom. The first kappa shape index (κ1) is 15.2. The predicted molar refractivity (Wildman–Crippen MR) is 75.3 cm³/mol. The van der Waals surface area contributed by atoms with Gasteiger partial charge in [0, 0.05) is 6.54 Å². The second-order valence-corrected chi connectivity index (χ2v) is 5.58. The highest BCUT2D eigenvalue weighted by molar-refractivity contribution is 5.05. The first-order chi connectivity index (χ1) is 8.52. The van der Waals surface area contributed by atoms with Gasteiger partial charge < -0.3 is 5.32 Å². The van der Waals surface area contributed by atoms with Gasteiger partial charge in [0.15, 0.2) is 0 Å². The van der Waals surface area contributed by atoms with Crippen LogP contribution in [0.5, 0.6) is 0 Å². The molecule has 0 saturated heterocycles. The van der Waals surface area contributed by atoms with Gasteiger partial charge in [0.25, 0.3) is 0 Å². The van der Waals surface area contributed by atoms with Crippen molar-refractivity contribution in [2.45, 2.75) is 54.1 Å². The first-order valence-electron chi connectivity index (χ1n) is 7.14. The van der Waals surface area contributed by atoms with Gasteiger partial charge in [-0.15, -0.1) is 5.10 Å². The largest absolute Gasteiger partial charge is 0.309 e. The lowest BCUT2D eigenvalue weighted by Crippen LogP contribution is -2.35. The lowest BCUT2D eigenvalue weighted by Gasteiger charge is -2.34. The van der Waals surface area contributed by atoms with Crippen molar-refractivity contribution in [3.05, 3.63) is 11.9 Å². The standard InChI is InChI=1S/C14H28N4/c1-7-15-14(13(10(3)4)11(5)6)12-9-16-17-18(12)8-2/h9-11,13-15H,7-8H2,1-6H3. The van der Waals surface area contributed by atoms with Gasteiger partial charge in [0.05, 0.1) is 17.9 Å². The van der Waals surface area contributed by atoms with Crippen molar-refractivity contribution in [3.63, 3.8) is 0 Å². The maximum absolute atomic E-state index is 4.17. The quantitative estimate of drug-likeness (QED) is 0.811. The lowest BCUT2D eigenvalue weighted by atomic mass is 9.78. The summed E-state index contributed by atoms with van der Waals surface area (Å²) in [5.41, 5.74) is 1.21. The molecule has 0 saturated carbocycles. The molecule has 0 amide bonds. The van der Waals surface area contributed by atoms with Crippen molar-refractivity contribution in [3.8, 4) is 0 Å². The highest BCUT2D eigenvalue weighted by Crippen LogP contribution is 2.33. The van der Waals surface area contributed by atoms with Crippen LogP contribution in [0, 0.1) is 17.8 Å². The molecular weight excluding hydrogens is 224 g/mol. The molecule has 104 valence electrons. The summed E-state index contributed by atoms with van der Waals surface area (Å²) >= 11 is 0. The number of rotatable bonds is 7. The maximum atomic E-state index is 4.17. The topological polar surface area (TPSA) is 42.7 Å². The van der Waals surface area contributed by atoms with E-state index in [1.165, 1.54) is 5.69 Å². The zero-order chi connectivity index (χ0) is 13.7. The average Bonchev–Trinajstić information content (AvgIpc) is 2.75. The molecule has 0 radical (unpaired) electrons. The molecular formula is C14H28N4. The van der Waals surface area contributed by atoms with Gasteiger partial charge in [-0.25, -0.2) is 4.68 Å². The third-order valence-electron chi connectivity index (χ3n) is 3.61. The molecule has 1 rings (SSSR count). The number of hydrogen-bond acceptors (Lipinski definition) is 3. The molecule has 4 heteroatoms. The van der Waals surface area contributed by atoms with E-state index < -0.39 is 0 Å². The molecule has 1 unspecified atom stereocenters.